The summed E-state index contributed by atoms with van der Waals surface area (Å²) < 4.78 is 5.17. The van der Waals surface area contributed by atoms with E-state index < -0.39 is 5.91 Å². The lowest BCUT2D eigenvalue weighted by molar-refractivity contribution is -0.120. The third-order valence-corrected chi connectivity index (χ3v) is 4.84. The molecule has 1 aromatic carbocycles. The van der Waals surface area contributed by atoms with E-state index in [1.54, 1.807) is 0 Å². The molecule has 2 aromatic rings. The van der Waals surface area contributed by atoms with Crippen molar-refractivity contribution in [2.24, 2.45) is 5.73 Å². The fourth-order valence-electron chi connectivity index (χ4n) is 3.62. The van der Waals surface area contributed by atoms with Crippen LogP contribution in [0.1, 0.15) is 41.0 Å². The Balaban J connectivity index is 1.48. The van der Waals surface area contributed by atoms with Gasteiger partial charge >= 0.3 is 0 Å². The van der Waals surface area contributed by atoms with Crippen molar-refractivity contribution in [3.63, 3.8) is 0 Å². The molecule has 0 aliphatic carbocycles. The predicted octanol–water partition coefficient (Wildman–Crippen LogP) is 0.895. The van der Waals surface area contributed by atoms with Crippen molar-refractivity contribution in [1.82, 2.24) is 15.0 Å². The predicted molar refractivity (Wildman–Crippen MR) is 88.9 cm³/mol. The van der Waals surface area contributed by atoms with Crippen LogP contribution in [0, 0.1) is 0 Å². The van der Waals surface area contributed by atoms with Crippen LogP contribution in [0.5, 0.6) is 0 Å². The van der Waals surface area contributed by atoms with E-state index >= 15 is 0 Å². The zero-order chi connectivity index (χ0) is 17.4. The van der Waals surface area contributed by atoms with E-state index in [1.807, 2.05) is 28.0 Å². The van der Waals surface area contributed by atoms with Crippen LogP contribution in [-0.4, -0.2) is 46.5 Å². The number of hydrogen-bond acceptors (Lipinski definition) is 6. The van der Waals surface area contributed by atoms with Gasteiger partial charge in [0.15, 0.2) is 0 Å². The van der Waals surface area contributed by atoms with Gasteiger partial charge in [-0.05, 0) is 37.4 Å². The normalized spacial score (nSPS) is 20.0. The number of primary amides is 1. The van der Waals surface area contributed by atoms with Crippen LogP contribution in [0.15, 0.2) is 28.8 Å². The van der Waals surface area contributed by atoms with Gasteiger partial charge in [0.1, 0.15) is 0 Å². The van der Waals surface area contributed by atoms with Crippen molar-refractivity contribution in [1.29, 1.82) is 0 Å². The number of nitrogens with zero attached hydrogens (tertiary/aromatic N) is 4. The lowest BCUT2D eigenvalue weighted by Gasteiger charge is -2.24. The van der Waals surface area contributed by atoms with Gasteiger partial charge in [0, 0.05) is 12.2 Å². The van der Waals surface area contributed by atoms with Gasteiger partial charge in [-0.3, -0.25) is 14.5 Å². The Morgan fingerprint density at radius 2 is 2.12 bits per heavy atom. The van der Waals surface area contributed by atoms with E-state index in [0.717, 1.165) is 31.5 Å². The van der Waals surface area contributed by atoms with Gasteiger partial charge in [0.2, 0.25) is 11.8 Å². The third kappa shape index (κ3) is 2.89. The van der Waals surface area contributed by atoms with Crippen molar-refractivity contribution in [2.45, 2.75) is 25.3 Å². The minimum absolute atomic E-state index is 0.0616. The zero-order valence-corrected chi connectivity index (χ0v) is 13.7. The average Bonchev–Trinajstić information content (AvgIpc) is 3.33. The highest BCUT2D eigenvalue weighted by Crippen LogP contribution is 2.32. The molecular formula is C17H19N5O3. The van der Waals surface area contributed by atoms with Gasteiger partial charge in [-0.25, -0.2) is 0 Å². The fourth-order valence-corrected chi connectivity index (χ4v) is 3.62. The summed E-state index contributed by atoms with van der Waals surface area (Å²) in [6.07, 6.45) is 2.63. The molecule has 25 heavy (non-hydrogen) atoms. The van der Waals surface area contributed by atoms with Crippen molar-refractivity contribution >= 4 is 17.5 Å². The quantitative estimate of drug-likeness (QED) is 0.885. The highest BCUT2D eigenvalue weighted by molar-refractivity contribution is 5.96. The number of benzene rings is 1. The van der Waals surface area contributed by atoms with Crippen molar-refractivity contribution < 1.29 is 14.1 Å². The van der Waals surface area contributed by atoms with Crippen LogP contribution in [0.4, 0.5) is 5.69 Å². The van der Waals surface area contributed by atoms with E-state index in [0.29, 0.717) is 12.4 Å². The van der Waals surface area contributed by atoms with Crippen molar-refractivity contribution in [3.8, 4) is 0 Å². The Bertz CT molecular complexity index is 818. The molecule has 8 heteroatoms. The van der Waals surface area contributed by atoms with E-state index in [1.165, 1.54) is 5.56 Å². The molecule has 2 aliphatic heterocycles. The molecule has 0 spiro atoms. The summed E-state index contributed by atoms with van der Waals surface area (Å²) in [6, 6.07) is 7.84. The highest BCUT2D eigenvalue weighted by atomic mass is 16.5. The largest absolute Gasteiger partial charge is 0.363 e. The van der Waals surface area contributed by atoms with Crippen LogP contribution in [0.3, 0.4) is 0 Å². The lowest BCUT2D eigenvalue weighted by Crippen LogP contribution is -2.39. The van der Waals surface area contributed by atoms with Gasteiger partial charge in [-0.2, -0.15) is 4.98 Å². The molecule has 0 saturated carbocycles. The molecule has 1 fully saturated rings. The molecule has 2 aliphatic rings. The monoisotopic (exact) mass is 341 g/mol. The number of fused-ring (bicyclic) bond motifs is 1. The first-order valence-corrected chi connectivity index (χ1v) is 8.39. The lowest BCUT2D eigenvalue weighted by atomic mass is 10.2. The molecule has 2 amide bonds. The Hall–Kier alpha value is -2.74. The minimum Gasteiger partial charge on any atom is -0.363 e. The Kier molecular flexibility index (Phi) is 3.96. The summed E-state index contributed by atoms with van der Waals surface area (Å²) in [7, 11) is 0. The molecule has 1 saturated heterocycles. The maximum absolute atomic E-state index is 12.8. The van der Waals surface area contributed by atoms with Crippen LogP contribution < -0.4 is 10.6 Å². The first-order valence-electron chi connectivity index (χ1n) is 8.39. The van der Waals surface area contributed by atoms with Crippen LogP contribution in [0.2, 0.25) is 0 Å². The SMILES string of the molecule is NC(=O)c1noc([C@H]2CCCN2CC(=O)N2CCc3ccccc32)n1. The number of carbonyl (C=O) groups is 2. The van der Waals surface area contributed by atoms with Gasteiger partial charge in [0.25, 0.3) is 11.7 Å². The van der Waals surface area contributed by atoms with E-state index in [2.05, 4.69) is 16.2 Å². The third-order valence-electron chi connectivity index (χ3n) is 4.84. The first kappa shape index (κ1) is 15.8. The second-order valence-electron chi connectivity index (χ2n) is 6.37. The smallest absolute Gasteiger partial charge is 0.290 e. The highest BCUT2D eigenvalue weighted by Gasteiger charge is 2.34. The average molecular weight is 341 g/mol. The summed E-state index contributed by atoms with van der Waals surface area (Å²) in [5, 5.41) is 3.60. The van der Waals surface area contributed by atoms with E-state index in [9.17, 15) is 9.59 Å². The topological polar surface area (TPSA) is 106 Å². The first-order chi connectivity index (χ1) is 12.1. The summed E-state index contributed by atoms with van der Waals surface area (Å²) in [5.41, 5.74) is 7.37. The Morgan fingerprint density at radius 3 is 2.92 bits per heavy atom. The molecule has 2 N–H and O–H groups in total. The standard InChI is InChI=1S/C17H19N5O3/c18-15(24)16-19-17(25-20-16)13-6-3-8-21(13)10-14(23)22-9-7-11-4-1-2-5-12(11)22/h1-2,4-5,13H,3,6-10H2,(H2,18,24)/t13-/m1/s1. The number of amides is 2. The summed E-state index contributed by atoms with van der Waals surface area (Å²) in [5.74, 6) is -0.432. The van der Waals surface area contributed by atoms with Gasteiger partial charge in [-0.1, -0.05) is 23.4 Å². The van der Waals surface area contributed by atoms with Crippen molar-refractivity contribution in [3.05, 3.63) is 41.5 Å². The van der Waals surface area contributed by atoms with Crippen LogP contribution in [-0.2, 0) is 11.2 Å². The number of nitrogens with two attached hydrogens (primary N) is 1. The Labute approximate surface area is 144 Å². The summed E-state index contributed by atoms with van der Waals surface area (Å²) in [6.45, 7) is 1.77. The molecule has 3 heterocycles. The summed E-state index contributed by atoms with van der Waals surface area (Å²) >= 11 is 0. The maximum Gasteiger partial charge on any atom is 0.290 e. The molecule has 1 atom stereocenters. The minimum atomic E-state index is -0.718. The van der Waals surface area contributed by atoms with Gasteiger partial charge < -0.3 is 15.2 Å². The number of rotatable bonds is 4. The fraction of sp³-hybridized carbons (Fsp3) is 0.412. The number of anilines is 1. The Morgan fingerprint density at radius 1 is 1.28 bits per heavy atom. The molecule has 1 aromatic heterocycles. The number of hydrogen-bond donors (Lipinski definition) is 1. The van der Waals surface area contributed by atoms with Gasteiger partial charge in [-0.15, -0.1) is 0 Å². The number of para-hydroxylation sites is 1. The van der Waals surface area contributed by atoms with Gasteiger partial charge in [0.05, 0.1) is 12.6 Å². The van der Waals surface area contributed by atoms with E-state index in [-0.39, 0.29) is 24.3 Å². The molecule has 0 radical (unpaired) electrons. The van der Waals surface area contributed by atoms with Crippen molar-refractivity contribution in [2.75, 3.05) is 24.5 Å². The number of aromatic nitrogens is 2. The van der Waals surface area contributed by atoms with E-state index in [4.69, 9.17) is 10.3 Å². The molecule has 4 rings (SSSR count). The number of likely N-dealkylation sites (tertiary alicyclic amines) is 1. The van der Waals surface area contributed by atoms with Crippen LogP contribution in [0.25, 0.3) is 0 Å². The molecule has 0 bridgehead atoms. The molecule has 0 unspecified atom stereocenters. The molecule has 130 valence electrons. The molecular weight excluding hydrogens is 322 g/mol. The number of carbonyl (C=O) groups excluding carboxylic acids is 2. The maximum atomic E-state index is 12.8. The summed E-state index contributed by atoms with van der Waals surface area (Å²) in [4.78, 5) is 31.9. The second kappa shape index (κ2) is 6.29. The second-order valence-corrected chi connectivity index (χ2v) is 6.37. The molecule has 8 nitrogen and oxygen atoms in total. The zero-order valence-electron chi connectivity index (χ0n) is 13.7. The van der Waals surface area contributed by atoms with Crippen LogP contribution >= 0.6 is 0 Å².